The van der Waals surface area contributed by atoms with Gasteiger partial charge in [0.15, 0.2) is 0 Å². The van der Waals surface area contributed by atoms with E-state index < -0.39 is 4.92 Å². The van der Waals surface area contributed by atoms with Crippen molar-refractivity contribution in [2.24, 2.45) is 0 Å². The van der Waals surface area contributed by atoms with Crippen LogP contribution in [0.3, 0.4) is 0 Å². The Kier molecular flexibility index (Phi) is 3.49. The van der Waals surface area contributed by atoms with Crippen molar-refractivity contribution in [2.45, 2.75) is 0 Å². The Hall–Kier alpha value is -2.54. The topological polar surface area (TPSA) is 73.8 Å². The number of nitro benzene ring substituents is 1. The standard InChI is InChI=1S/C14H9BrN4O2/c15-13-4-2-1-3-12(13)14-9-16-17-18(14)10-5-7-11(8-6-10)19(20)21/h1-9H. The van der Waals surface area contributed by atoms with Gasteiger partial charge in [-0.3, -0.25) is 10.1 Å². The lowest BCUT2D eigenvalue weighted by molar-refractivity contribution is -0.384. The smallest absolute Gasteiger partial charge is 0.258 e. The van der Waals surface area contributed by atoms with Crippen LogP contribution < -0.4 is 0 Å². The van der Waals surface area contributed by atoms with Crippen LogP contribution in [0, 0.1) is 10.1 Å². The minimum absolute atomic E-state index is 0.0429. The highest BCUT2D eigenvalue weighted by atomic mass is 79.9. The van der Waals surface area contributed by atoms with Crippen LogP contribution in [-0.4, -0.2) is 19.9 Å². The number of non-ortho nitro benzene ring substituents is 1. The first kappa shape index (κ1) is 13.4. The molecule has 0 N–H and O–H groups in total. The molecule has 0 aliphatic carbocycles. The third-order valence-electron chi connectivity index (χ3n) is 3.00. The lowest BCUT2D eigenvalue weighted by Crippen LogP contribution is -2.00. The number of aromatic nitrogens is 3. The number of rotatable bonds is 3. The third-order valence-corrected chi connectivity index (χ3v) is 3.70. The molecule has 0 aliphatic heterocycles. The first-order chi connectivity index (χ1) is 10.2. The lowest BCUT2D eigenvalue weighted by Gasteiger charge is -2.07. The molecule has 1 heterocycles. The van der Waals surface area contributed by atoms with Crippen LogP contribution in [0.1, 0.15) is 0 Å². The van der Waals surface area contributed by atoms with Gasteiger partial charge in [0.2, 0.25) is 0 Å². The molecular weight excluding hydrogens is 336 g/mol. The lowest BCUT2D eigenvalue weighted by atomic mass is 10.1. The normalized spacial score (nSPS) is 10.5. The molecule has 0 spiro atoms. The van der Waals surface area contributed by atoms with Crippen molar-refractivity contribution in [3.63, 3.8) is 0 Å². The van der Waals surface area contributed by atoms with Gasteiger partial charge in [0.05, 0.1) is 22.5 Å². The summed E-state index contributed by atoms with van der Waals surface area (Å²) in [7, 11) is 0. The van der Waals surface area contributed by atoms with E-state index in [4.69, 9.17) is 0 Å². The maximum Gasteiger partial charge on any atom is 0.269 e. The fraction of sp³-hybridized carbons (Fsp3) is 0. The Bertz CT molecular complexity index is 799. The zero-order chi connectivity index (χ0) is 14.8. The van der Waals surface area contributed by atoms with E-state index in [0.717, 1.165) is 15.7 Å². The molecule has 1 aromatic heterocycles. The molecular formula is C14H9BrN4O2. The third kappa shape index (κ3) is 2.55. The van der Waals surface area contributed by atoms with Crippen LogP contribution in [0.5, 0.6) is 0 Å². The van der Waals surface area contributed by atoms with Gasteiger partial charge in [0.1, 0.15) is 0 Å². The molecule has 2 aromatic carbocycles. The van der Waals surface area contributed by atoms with E-state index in [2.05, 4.69) is 26.2 Å². The Morgan fingerprint density at radius 2 is 1.81 bits per heavy atom. The SMILES string of the molecule is O=[N+]([O-])c1ccc(-n2nncc2-c2ccccc2Br)cc1. The molecule has 0 radical (unpaired) electrons. The van der Waals surface area contributed by atoms with E-state index in [1.54, 1.807) is 23.0 Å². The summed E-state index contributed by atoms with van der Waals surface area (Å²) >= 11 is 3.50. The van der Waals surface area contributed by atoms with E-state index in [9.17, 15) is 10.1 Å². The van der Waals surface area contributed by atoms with E-state index in [-0.39, 0.29) is 5.69 Å². The Morgan fingerprint density at radius 1 is 1.10 bits per heavy atom. The number of halogens is 1. The molecule has 0 saturated carbocycles. The zero-order valence-corrected chi connectivity index (χ0v) is 12.3. The first-order valence-electron chi connectivity index (χ1n) is 6.07. The summed E-state index contributed by atoms with van der Waals surface area (Å²) in [5.41, 5.74) is 2.50. The summed E-state index contributed by atoms with van der Waals surface area (Å²) in [5.74, 6) is 0. The number of nitrogens with zero attached hydrogens (tertiary/aromatic N) is 4. The van der Waals surface area contributed by atoms with Gasteiger partial charge < -0.3 is 0 Å². The Labute approximate surface area is 128 Å². The van der Waals surface area contributed by atoms with Gasteiger partial charge in [-0.25, -0.2) is 4.68 Å². The molecule has 0 unspecified atom stereocenters. The number of hydrogen-bond donors (Lipinski definition) is 0. The van der Waals surface area contributed by atoms with Gasteiger partial charge in [-0.15, -0.1) is 5.10 Å². The Morgan fingerprint density at radius 3 is 2.48 bits per heavy atom. The van der Waals surface area contributed by atoms with Crippen molar-refractivity contribution in [1.82, 2.24) is 15.0 Å². The second-order valence-corrected chi connectivity index (χ2v) is 5.14. The first-order valence-corrected chi connectivity index (χ1v) is 6.86. The van der Waals surface area contributed by atoms with Crippen molar-refractivity contribution in [1.29, 1.82) is 0 Å². The van der Waals surface area contributed by atoms with E-state index in [0.29, 0.717) is 5.69 Å². The maximum atomic E-state index is 10.7. The van der Waals surface area contributed by atoms with Crippen LogP contribution in [0.2, 0.25) is 0 Å². The number of nitro groups is 1. The number of benzene rings is 2. The van der Waals surface area contributed by atoms with Gasteiger partial charge in [0, 0.05) is 22.2 Å². The van der Waals surface area contributed by atoms with Gasteiger partial charge in [-0.2, -0.15) is 0 Å². The molecule has 3 aromatic rings. The van der Waals surface area contributed by atoms with Gasteiger partial charge in [0.25, 0.3) is 5.69 Å². The predicted octanol–water partition coefficient (Wildman–Crippen LogP) is 3.61. The second-order valence-electron chi connectivity index (χ2n) is 4.28. The Balaban J connectivity index is 2.07. The van der Waals surface area contributed by atoms with Gasteiger partial charge in [-0.05, 0) is 18.2 Å². The van der Waals surface area contributed by atoms with Crippen molar-refractivity contribution in [3.8, 4) is 16.9 Å². The van der Waals surface area contributed by atoms with E-state index in [1.165, 1.54) is 12.1 Å². The largest absolute Gasteiger partial charge is 0.269 e. The average Bonchev–Trinajstić information content (AvgIpc) is 2.97. The maximum absolute atomic E-state index is 10.7. The molecule has 0 amide bonds. The van der Waals surface area contributed by atoms with Crippen molar-refractivity contribution >= 4 is 21.6 Å². The molecule has 0 aliphatic rings. The van der Waals surface area contributed by atoms with Crippen LogP contribution in [-0.2, 0) is 0 Å². The van der Waals surface area contributed by atoms with Crippen LogP contribution in [0.15, 0.2) is 59.2 Å². The quantitative estimate of drug-likeness (QED) is 0.537. The average molecular weight is 345 g/mol. The molecule has 21 heavy (non-hydrogen) atoms. The molecule has 0 fully saturated rings. The summed E-state index contributed by atoms with van der Waals surface area (Å²) in [6, 6.07) is 13.9. The second kappa shape index (κ2) is 5.45. The molecule has 0 saturated heterocycles. The monoisotopic (exact) mass is 344 g/mol. The number of hydrogen-bond acceptors (Lipinski definition) is 4. The van der Waals surface area contributed by atoms with Crippen molar-refractivity contribution in [2.75, 3.05) is 0 Å². The predicted molar refractivity (Wildman–Crippen MR) is 81.1 cm³/mol. The fourth-order valence-electron chi connectivity index (χ4n) is 1.99. The van der Waals surface area contributed by atoms with Gasteiger partial charge >= 0.3 is 0 Å². The van der Waals surface area contributed by atoms with Crippen LogP contribution in [0.25, 0.3) is 16.9 Å². The summed E-state index contributed by atoms with van der Waals surface area (Å²) < 4.78 is 2.57. The molecule has 0 atom stereocenters. The van der Waals surface area contributed by atoms with Crippen molar-refractivity contribution in [3.05, 3.63) is 69.3 Å². The summed E-state index contributed by atoms with van der Waals surface area (Å²) in [6.45, 7) is 0. The molecule has 104 valence electrons. The summed E-state index contributed by atoms with van der Waals surface area (Å²) in [4.78, 5) is 10.3. The summed E-state index contributed by atoms with van der Waals surface area (Å²) in [6.07, 6.45) is 1.65. The minimum atomic E-state index is -0.431. The van der Waals surface area contributed by atoms with E-state index in [1.807, 2.05) is 24.3 Å². The van der Waals surface area contributed by atoms with Crippen LogP contribution in [0.4, 0.5) is 5.69 Å². The summed E-state index contributed by atoms with van der Waals surface area (Å²) in [5, 5.41) is 18.7. The highest BCUT2D eigenvalue weighted by molar-refractivity contribution is 9.10. The van der Waals surface area contributed by atoms with E-state index >= 15 is 0 Å². The van der Waals surface area contributed by atoms with Gasteiger partial charge in [-0.1, -0.05) is 39.3 Å². The highest BCUT2D eigenvalue weighted by Crippen LogP contribution is 2.29. The minimum Gasteiger partial charge on any atom is -0.258 e. The van der Waals surface area contributed by atoms with Crippen molar-refractivity contribution < 1.29 is 4.92 Å². The zero-order valence-electron chi connectivity index (χ0n) is 10.7. The van der Waals surface area contributed by atoms with Crippen LogP contribution >= 0.6 is 15.9 Å². The molecule has 3 rings (SSSR count). The molecule has 6 nitrogen and oxygen atoms in total. The molecule has 7 heteroatoms. The molecule has 0 bridgehead atoms. The fourth-order valence-corrected chi connectivity index (χ4v) is 2.48. The highest BCUT2D eigenvalue weighted by Gasteiger charge is 2.12.